The number of carbonyl (C=O) groups excluding carboxylic acids is 1. The van der Waals surface area contributed by atoms with Crippen molar-refractivity contribution >= 4 is 28.4 Å². The summed E-state index contributed by atoms with van der Waals surface area (Å²) in [5.74, 6) is 0.691. The Labute approximate surface area is 142 Å². The zero-order valence-corrected chi connectivity index (χ0v) is 13.6. The van der Waals surface area contributed by atoms with Gasteiger partial charge < -0.3 is 5.32 Å². The third kappa shape index (κ3) is 2.59. The van der Waals surface area contributed by atoms with Crippen LogP contribution in [0.4, 0.5) is 0 Å². The number of hydrogen-bond acceptors (Lipinski definition) is 4. The Balaban J connectivity index is 1.69. The van der Waals surface area contributed by atoms with Crippen molar-refractivity contribution < 1.29 is 4.79 Å². The maximum Gasteiger partial charge on any atom is 0.272 e. The fourth-order valence-electron chi connectivity index (χ4n) is 3.01. The number of aromatic nitrogens is 2. The molecule has 1 amide bonds. The Morgan fingerprint density at radius 2 is 1.88 bits per heavy atom. The molecule has 0 saturated carbocycles. The first-order chi connectivity index (χ1) is 11.7. The lowest BCUT2D eigenvalue weighted by Gasteiger charge is -2.25. The zero-order valence-electron chi connectivity index (χ0n) is 12.8. The molecule has 0 saturated heterocycles. The van der Waals surface area contributed by atoms with Crippen LogP contribution in [0, 0.1) is 0 Å². The third-order valence-corrected chi connectivity index (χ3v) is 5.30. The predicted octanol–water partition coefficient (Wildman–Crippen LogP) is 2.89. The Morgan fingerprint density at radius 1 is 1.12 bits per heavy atom. The second kappa shape index (κ2) is 6.13. The first-order valence-corrected chi connectivity index (χ1v) is 8.72. The van der Waals surface area contributed by atoms with E-state index in [-0.39, 0.29) is 23.2 Å². The van der Waals surface area contributed by atoms with Gasteiger partial charge in [-0.25, -0.2) is 5.10 Å². The molecule has 0 radical (unpaired) electrons. The van der Waals surface area contributed by atoms with Crippen molar-refractivity contribution in [3.05, 3.63) is 70.1 Å². The number of thioether (sulfide) groups is 1. The summed E-state index contributed by atoms with van der Waals surface area (Å²) in [7, 11) is 0. The quantitative estimate of drug-likeness (QED) is 0.754. The Kier molecular flexibility index (Phi) is 3.82. The van der Waals surface area contributed by atoms with Crippen molar-refractivity contribution in [2.24, 2.45) is 0 Å². The summed E-state index contributed by atoms with van der Waals surface area (Å²) in [6.45, 7) is 0. The number of nitrogens with one attached hydrogen (secondary N) is 2. The molecule has 1 aliphatic rings. The highest BCUT2D eigenvalue weighted by Gasteiger charge is 2.24. The van der Waals surface area contributed by atoms with Gasteiger partial charge in [0.1, 0.15) is 0 Å². The highest BCUT2D eigenvalue weighted by atomic mass is 32.2. The van der Waals surface area contributed by atoms with Gasteiger partial charge in [0.05, 0.1) is 11.4 Å². The second-order valence-electron chi connectivity index (χ2n) is 5.65. The second-order valence-corrected chi connectivity index (χ2v) is 6.78. The van der Waals surface area contributed by atoms with Crippen LogP contribution >= 0.6 is 11.8 Å². The molecule has 6 heteroatoms. The largest absolute Gasteiger partial charge is 0.344 e. The fraction of sp³-hybridized carbons (Fsp3) is 0.167. The number of H-pyrrole nitrogens is 1. The SMILES string of the molecule is O=C(NC1CCSc2ccccc21)c1n[nH]c(=O)c2ccccc12. The van der Waals surface area contributed by atoms with Crippen LogP contribution in [-0.2, 0) is 0 Å². The highest BCUT2D eigenvalue weighted by Crippen LogP contribution is 2.35. The van der Waals surface area contributed by atoms with Gasteiger partial charge in [-0.05, 0) is 24.1 Å². The molecule has 4 rings (SSSR count). The zero-order chi connectivity index (χ0) is 16.5. The van der Waals surface area contributed by atoms with E-state index in [2.05, 4.69) is 21.6 Å². The minimum atomic E-state index is -0.290. The highest BCUT2D eigenvalue weighted by molar-refractivity contribution is 7.99. The summed E-state index contributed by atoms with van der Waals surface area (Å²) in [5, 5.41) is 10.5. The van der Waals surface area contributed by atoms with Crippen molar-refractivity contribution in [3.8, 4) is 0 Å². The van der Waals surface area contributed by atoms with Gasteiger partial charge in [-0.15, -0.1) is 11.8 Å². The van der Waals surface area contributed by atoms with Crippen LogP contribution in [0.25, 0.3) is 10.8 Å². The fourth-order valence-corrected chi connectivity index (χ4v) is 4.13. The molecule has 1 unspecified atom stereocenters. The molecule has 0 bridgehead atoms. The van der Waals surface area contributed by atoms with E-state index in [0.29, 0.717) is 10.8 Å². The van der Waals surface area contributed by atoms with Crippen molar-refractivity contribution in [1.82, 2.24) is 15.5 Å². The van der Waals surface area contributed by atoms with Crippen molar-refractivity contribution in [2.75, 3.05) is 5.75 Å². The molecule has 3 aromatic rings. The number of hydrogen-bond donors (Lipinski definition) is 2. The molecule has 120 valence electrons. The summed E-state index contributed by atoms with van der Waals surface area (Å²) in [4.78, 5) is 25.8. The number of amides is 1. The molecule has 5 nitrogen and oxygen atoms in total. The Morgan fingerprint density at radius 3 is 2.75 bits per heavy atom. The van der Waals surface area contributed by atoms with Gasteiger partial charge >= 0.3 is 0 Å². The van der Waals surface area contributed by atoms with E-state index >= 15 is 0 Å². The average Bonchev–Trinajstić information content (AvgIpc) is 2.62. The lowest BCUT2D eigenvalue weighted by molar-refractivity contribution is 0.0930. The summed E-state index contributed by atoms with van der Waals surface area (Å²) in [6.07, 6.45) is 0.870. The Bertz CT molecular complexity index is 983. The van der Waals surface area contributed by atoms with Crippen LogP contribution in [0.3, 0.4) is 0 Å². The van der Waals surface area contributed by atoms with E-state index in [1.165, 1.54) is 4.90 Å². The van der Waals surface area contributed by atoms with Gasteiger partial charge in [-0.3, -0.25) is 9.59 Å². The number of aromatic amines is 1. The van der Waals surface area contributed by atoms with Crippen molar-refractivity contribution in [3.63, 3.8) is 0 Å². The molecule has 1 atom stereocenters. The lowest BCUT2D eigenvalue weighted by atomic mass is 10.0. The lowest BCUT2D eigenvalue weighted by Crippen LogP contribution is -2.32. The third-order valence-electron chi connectivity index (χ3n) is 4.17. The smallest absolute Gasteiger partial charge is 0.272 e. The monoisotopic (exact) mass is 337 g/mol. The maximum absolute atomic E-state index is 12.7. The van der Waals surface area contributed by atoms with Gasteiger partial charge in [-0.2, -0.15) is 5.10 Å². The average molecular weight is 337 g/mol. The topological polar surface area (TPSA) is 74.8 Å². The van der Waals surface area contributed by atoms with Crippen LogP contribution in [0.5, 0.6) is 0 Å². The molecule has 0 spiro atoms. The molecule has 24 heavy (non-hydrogen) atoms. The molecule has 0 aliphatic carbocycles. The molecule has 2 N–H and O–H groups in total. The van der Waals surface area contributed by atoms with E-state index in [4.69, 9.17) is 0 Å². The van der Waals surface area contributed by atoms with E-state index in [1.54, 1.807) is 36.0 Å². The molecule has 1 aromatic heterocycles. The summed E-state index contributed by atoms with van der Waals surface area (Å²) in [6, 6.07) is 15.1. The van der Waals surface area contributed by atoms with Crippen LogP contribution in [0.2, 0.25) is 0 Å². The number of carbonyl (C=O) groups is 1. The normalized spacial score (nSPS) is 16.6. The van der Waals surface area contributed by atoms with Gasteiger partial charge in [0.2, 0.25) is 0 Å². The van der Waals surface area contributed by atoms with Gasteiger partial charge in [0, 0.05) is 16.0 Å². The van der Waals surface area contributed by atoms with Crippen LogP contribution < -0.4 is 10.9 Å². The van der Waals surface area contributed by atoms with Crippen molar-refractivity contribution in [1.29, 1.82) is 0 Å². The maximum atomic E-state index is 12.7. The number of nitrogens with zero attached hydrogens (tertiary/aromatic N) is 1. The van der Waals surface area contributed by atoms with Gasteiger partial charge in [0.25, 0.3) is 11.5 Å². The predicted molar refractivity (Wildman–Crippen MR) is 94.4 cm³/mol. The van der Waals surface area contributed by atoms with Crippen LogP contribution in [-0.4, -0.2) is 21.9 Å². The molecule has 1 aliphatic heterocycles. The minimum Gasteiger partial charge on any atom is -0.344 e. The summed E-state index contributed by atoms with van der Waals surface area (Å²) >= 11 is 1.81. The van der Waals surface area contributed by atoms with Crippen LogP contribution in [0.15, 0.2) is 58.2 Å². The minimum absolute atomic E-state index is 0.0394. The summed E-state index contributed by atoms with van der Waals surface area (Å²) < 4.78 is 0. The first-order valence-electron chi connectivity index (χ1n) is 7.74. The molecule has 0 fully saturated rings. The van der Waals surface area contributed by atoms with Gasteiger partial charge in [0.15, 0.2) is 5.69 Å². The molecular weight excluding hydrogens is 322 g/mol. The van der Waals surface area contributed by atoms with Crippen molar-refractivity contribution in [2.45, 2.75) is 17.4 Å². The molecule has 2 heterocycles. The van der Waals surface area contributed by atoms with Crippen LogP contribution in [0.1, 0.15) is 28.5 Å². The standard InChI is InChI=1S/C18H15N3O2S/c22-17-12-6-2-1-5-11(12)16(20-21-17)18(23)19-14-9-10-24-15-8-4-3-7-13(14)15/h1-8,14H,9-10H2,(H,19,23)(H,21,22). The van der Waals surface area contributed by atoms with E-state index in [9.17, 15) is 9.59 Å². The number of rotatable bonds is 2. The Hall–Kier alpha value is -2.60. The number of benzene rings is 2. The number of fused-ring (bicyclic) bond motifs is 2. The van der Waals surface area contributed by atoms with Gasteiger partial charge in [-0.1, -0.05) is 36.4 Å². The van der Waals surface area contributed by atoms with E-state index < -0.39 is 0 Å². The molecule has 2 aromatic carbocycles. The van der Waals surface area contributed by atoms with E-state index in [0.717, 1.165) is 17.7 Å². The van der Waals surface area contributed by atoms with E-state index in [1.807, 2.05) is 18.2 Å². The summed E-state index contributed by atoms with van der Waals surface area (Å²) in [5.41, 5.74) is 1.10. The molecular formula is C18H15N3O2S. The first kappa shape index (κ1) is 15.0.